The Morgan fingerprint density at radius 3 is 2.96 bits per heavy atom. The third-order valence-electron chi connectivity index (χ3n) is 3.85. The van der Waals surface area contributed by atoms with Gasteiger partial charge in [0.05, 0.1) is 37.6 Å². The SMILES string of the molecule is CCc1cc2c(=O)n(C[C@@H](O)COCc3ccccc3Cl)cnc2s1. The molecule has 1 atom stereocenters. The summed E-state index contributed by atoms with van der Waals surface area (Å²) in [6.07, 6.45) is 1.56. The number of hydrogen-bond acceptors (Lipinski definition) is 5. The van der Waals surface area contributed by atoms with E-state index in [2.05, 4.69) is 4.98 Å². The molecule has 0 aliphatic heterocycles. The highest BCUT2D eigenvalue weighted by Gasteiger charge is 2.12. The summed E-state index contributed by atoms with van der Waals surface area (Å²) in [5, 5.41) is 11.4. The summed E-state index contributed by atoms with van der Waals surface area (Å²) in [5.41, 5.74) is 0.730. The molecule has 1 aromatic carbocycles. The van der Waals surface area contributed by atoms with E-state index in [1.165, 1.54) is 22.2 Å². The van der Waals surface area contributed by atoms with Crippen molar-refractivity contribution in [2.24, 2.45) is 0 Å². The van der Waals surface area contributed by atoms with Gasteiger partial charge >= 0.3 is 0 Å². The molecule has 25 heavy (non-hydrogen) atoms. The number of hydrogen-bond donors (Lipinski definition) is 1. The van der Waals surface area contributed by atoms with Gasteiger partial charge in [-0.2, -0.15) is 0 Å². The van der Waals surface area contributed by atoms with Crippen LogP contribution in [-0.4, -0.2) is 27.4 Å². The van der Waals surface area contributed by atoms with Crippen LogP contribution in [0.5, 0.6) is 0 Å². The predicted octanol–water partition coefficient (Wildman–Crippen LogP) is 3.25. The third kappa shape index (κ3) is 4.27. The Bertz CT molecular complexity index is 922. The minimum absolute atomic E-state index is 0.111. The first-order valence-electron chi connectivity index (χ1n) is 8.05. The largest absolute Gasteiger partial charge is 0.389 e. The fraction of sp³-hybridized carbons (Fsp3) is 0.333. The van der Waals surface area contributed by atoms with Crippen LogP contribution in [0.25, 0.3) is 10.2 Å². The highest BCUT2D eigenvalue weighted by Crippen LogP contribution is 2.21. The first-order valence-corrected chi connectivity index (χ1v) is 9.25. The summed E-state index contributed by atoms with van der Waals surface area (Å²) in [5.74, 6) is 0. The van der Waals surface area contributed by atoms with Gasteiger partial charge in [0, 0.05) is 9.90 Å². The number of rotatable bonds is 7. The summed E-state index contributed by atoms with van der Waals surface area (Å²) >= 11 is 7.59. The summed E-state index contributed by atoms with van der Waals surface area (Å²) in [6, 6.07) is 9.28. The number of halogens is 1. The smallest absolute Gasteiger partial charge is 0.262 e. The lowest BCUT2D eigenvalue weighted by Crippen LogP contribution is -2.29. The van der Waals surface area contributed by atoms with Gasteiger partial charge in [0.1, 0.15) is 4.83 Å². The van der Waals surface area contributed by atoms with Crippen LogP contribution in [0.4, 0.5) is 0 Å². The van der Waals surface area contributed by atoms with Crippen LogP contribution in [-0.2, 0) is 24.3 Å². The van der Waals surface area contributed by atoms with E-state index < -0.39 is 6.10 Å². The zero-order valence-corrected chi connectivity index (χ0v) is 15.4. The van der Waals surface area contributed by atoms with Crippen molar-refractivity contribution in [1.29, 1.82) is 0 Å². The summed E-state index contributed by atoms with van der Waals surface area (Å²) in [4.78, 5) is 18.7. The number of aliphatic hydroxyl groups is 1. The average molecular weight is 379 g/mol. The second-order valence-electron chi connectivity index (χ2n) is 5.75. The molecule has 3 rings (SSSR count). The van der Waals surface area contributed by atoms with Crippen molar-refractivity contribution >= 4 is 33.2 Å². The van der Waals surface area contributed by atoms with Crippen LogP contribution >= 0.6 is 22.9 Å². The zero-order chi connectivity index (χ0) is 17.8. The lowest BCUT2D eigenvalue weighted by atomic mass is 10.2. The lowest BCUT2D eigenvalue weighted by Gasteiger charge is -2.13. The summed E-state index contributed by atoms with van der Waals surface area (Å²) in [7, 11) is 0. The monoisotopic (exact) mass is 378 g/mol. The molecule has 5 nitrogen and oxygen atoms in total. The summed E-state index contributed by atoms with van der Waals surface area (Å²) in [6.45, 7) is 2.61. The van der Waals surface area contributed by atoms with Gasteiger partial charge in [0.2, 0.25) is 0 Å². The van der Waals surface area contributed by atoms with E-state index in [0.717, 1.165) is 21.7 Å². The maximum absolute atomic E-state index is 12.5. The average Bonchev–Trinajstić information content (AvgIpc) is 3.03. The highest BCUT2D eigenvalue weighted by molar-refractivity contribution is 7.18. The van der Waals surface area contributed by atoms with Gasteiger partial charge in [-0.05, 0) is 24.1 Å². The fourth-order valence-corrected chi connectivity index (χ4v) is 3.63. The van der Waals surface area contributed by atoms with E-state index in [-0.39, 0.29) is 18.7 Å². The first-order chi connectivity index (χ1) is 12.1. The van der Waals surface area contributed by atoms with Crippen LogP contribution < -0.4 is 5.56 Å². The van der Waals surface area contributed by atoms with Crippen LogP contribution in [0.1, 0.15) is 17.4 Å². The third-order valence-corrected chi connectivity index (χ3v) is 5.41. The Labute approximate surface area is 154 Å². The second-order valence-corrected chi connectivity index (χ2v) is 7.27. The molecular weight excluding hydrogens is 360 g/mol. The molecule has 2 heterocycles. The number of aromatic nitrogens is 2. The maximum Gasteiger partial charge on any atom is 0.262 e. The molecule has 132 valence electrons. The first kappa shape index (κ1) is 18.1. The van der Waals surface area contributed by atoms with Crippen LogP contribution in [0.2, 0.25) is 5.02 Å². The Morgan fingerprint density at radius 2 is 2.20 bits per heavy atom. The van der Waals surface area contributed by atoms with E-state index in [4.69, 9.17) is 16.3 Å². The number of ether oxygens (including phenoxy) is 1. The van der Waals surface area contributed by atoms with Crippen molar-refractivity contribution in [2.75, 3.05) is 6.61 Å². The van der Waals surface area contributed by atoms with Crippen molar-refractivity contribution in [3.63, 3.8) is 0 Å². The number of nitrogens with zero attached hydrogens (tertiary/aromatic N) is 2. The molecule has 0 radical (unpaired) electrons. The van der Waals surface area contributed by atoms with Crippen molar-refractivity contribution in [3.8, 4) is 0 Å². The van der Waals surface area contributed by atoms with Gasteiger partial charge in [-0.25, -0.2) is 4.98 Å². The number of aliphatic hydroxyl groups excluding tert-OH is 1. The molecule has 1 N–H and O–H groups in total. The Hall–Kier alpha value is -1.73. The molecule has 7 heteroatoms. The minimum atomic E-state index is -0.802. The topological polar surface area (TPSA) is 64.4 Å². The molecular formula is C18H19ClN2O3S. The van der Waals surface area contributed by atoms with Crippen molar-refractivity contribution in [3.05, 3.63) is 62.5 Å². The maximum atomic E-state index is 12.5. The molecule has 0 fully saturated rings. The van der Waals surface area contributed by atoms with Crippen molar-refractivity contribution < 1.29 is 9.84 Å². The molecule has 0 aliphatic carbocycles. The molecule has 2 aromatic heterocycles. The molecule has 0 aliphatic rings. The quantitative estimate of drug-likeness (QED) is 0.685. The van der Waals surface area contributed by atoms with Gasteiger partial charge in [0.15, 0.2) is 0 Å². The van der Waals surface area contributed by atoms with Gasteiger partial charge in [-0.3, -0.25) is 9.36 Å². The standard InChI is InChI=1S/C18H19ClN2O3S/c1-2-14-7-15-17(25-14)20-11-21(18(15)23)8-13(22)10-24-9-12-5-3-4-6-16(12)19/h3-7,11,13,22H,2,8-10H2,1H3/t13-/m1/s1. The lowest BCUT2D eigenvalue weighted by molar-refractivity contribution is 0.0199. The van der Waals surface area contributed by atoms with Gasteiger partial charge in [-0.1, -0.05) is 36.7 Å². The van der Waals surface area contributed by atoms with Gasteiger partial charge < -0.3 is 9.84 Å². The number of thiophene rings is 1. The molecule has 3 aromatic rings. The van der Waals surface area contributed by atoms with Crippen LogP contribution in [0, 0.1) is 0 Å². The van der Waals surface area contributed by atoms with E-state index in [9.17, 15) is 9.90 Å². The molecule has 0 spiro atoms. The Balaban J connectivity index is 1.62. The normalized spacial score (nSPS) is 12.6. The van der Waals surface area contributed by atoms with Crippen LogP contribution in [0.15, 0.2) is 41.5 Å². The molecule has 0 saturated carbocycles. The van der Waals surface area contributed by atoms with Gasteiger partial charge in [-0.15, -0.1) is 11.3 Å². The fourth-order valence-electron chi connectivity index (χ4n) is 2.51. The Kier molecular flexibility index (Phi) is 5.86. The van der Waals surface area contributed by atoms with Crippen molar-refractivity contribution in [2.45, 2.75) is 32.6 Å². The number of fused-ring (bicyclic) bond motifs is 1. The molecule has 0 amide bonds. The van der Waals surface area contributed by atoms with Gasteiger partial charge in [0.25, 0.3) is 5.56 Å². The van der Waals surface area contributed by atoms with Crippen molar-refractivity contribution in [1.82, 2.24) is 9.55 Å². The Morgan fingerprint density at radius 1 is 1.40 bits per heavy atom. The van der Waals surface area contributed by atoms with E-state index in [1.807, 2.05) is 31.2 Å². The van der Waals surface area contributed by atoms with E-state index in [1.54, 1.807) is 6.07 Å². The van der Waals surface area contributed by atoms with Crippen LogP contribution in [0.3, 0.4) is 0 Å². The number of aryl methyl sites for hydroxylation is 1. The predicted molar refractivity (Wildman–Crippen MR) is 100 cm³/mol. The molecule has 0 unspecified atom stereocenters. The van der Waals surface area contributed by atoms with E-state index in [0.29, 0.717) is 17.0 Å². The number of benzene rings is 1. The second kappa shape index (κ2) is 8.10. The summed E-state index contributed by atoms with van der Waals surface area (Å²) < 4.78 is 6.94. The molecule has 0 bridgehead atoms. The highest BCUT2D eigenvalue weighted by atomic mass is 35.5. The minimum Gasteiger partial charge on any atom is -0.389 e. The van der Waals surface area contributed by atoms with E-state index >= 15 is 0 Å². The molecule has 0 saturated heterocycles. The zero-order valence-electron chi connectivity index (χ0n) is 13.8.